The number of hydrogen-bond acceptors (Lipinski definition) is 4. The van der Waals surface area contributed by atoms with E-state index in [0.717, 1.165) is 30.8 Å². The molecule has 1 saturated heterocycles. The number of amides is 1. The maximum atomic E-state index is 12.8. The highest BCUT2D eigenvalue weighted by Gasteiger charge is 2.40. The average Bonchev–Trinajstić information content (AvgIpc) is 3.30. The molecule has 0 aromatic heterocycles. The third-order valence-electron chi connectivity index (χ3n) is 4.71. The lowest BCUT2D eigenvalue weighted by atomic mass is 10.1. The van der Waals surface area contributed by atoms with Gasteiger partial charge in [-0.2, -0.15) is 13.2 Å². The molecular formula is C15H26F3N3O2. The summed E-state index contributed by atoms with van der Waals surface area (Å²) in [6.45, 7) is 4.04. The number of aliphatic hydroxyl groups excluding tert-OH is 1. The molecule has 1 saturated carbocycles. The minimum absolute atomic E-state index is 0.0418. The first-order valence-electron chi connectivity index (χ1n) is 8.22. The molecule has 0 aromatic carbocycles. The Labute approximate surface area is 135 Å². The van der Waals surface area contributed by atoms with Crippen LogP contribution >= 0.6 is 0 Å². The number of alkyl halides is 3. The molecule has 0 bridgehead atoms. The van der Waals surface area contributed by atoms with E-state index >= 15 is 0 Å². The van der Waals surface area contributed by atoms with Crippen LogP contribution in [0.15, 0.2) is 0 Å². The number of carbonyl (C=O) groups excluding carboxylic acids is 1. The zero-order chi connectivity index (χ0) is 17.0. The van der Waals surface area contributed by atoms with Crippen LogP contribution < -0.4 is 0 Å². The summed E-state index contributed by atoms with van der Waals surface area (Å²) in [5.74, 6) is -0.222. The number of piperazine rings is 1. The molecular weight excluding hydrogens is 311 g/mol. The van der Waals surface area contributed by atoms with Crippen LogP contribution in [-0.2, 0) is 4.79 Å². The Balaban J connectivity index is 1.87. The summed E-state index contributed by atoms with van der Waals surface area (Å²) < 4.78 is 38.4. The van der Waals surface area contributed by atoms with Crippen molar-refractivity contribution >= 4 is 5.91 Å². The van der Waals surface area contributed by atoms with Crippen molar-refractivity contribution in [3.63, 3.8) is 0 Å². The lowest BCUT2D eigenvalue weighted by Crippen LogP contribution is -2.53. The van der Waals surface area contributed by atoms with E-state index in [0.29, 0.717) is 19.6 Å². The fourth-order valence-corrected chi connectivity index (χ4v) is 3.08. The summed E-state index contributed by atoms with van der Waals surface area (Å²) >= 11 is 0. The largest absolute Gasteiger partial charge is 0.406 e. The minimum Gasteiger partial charge on any atom is -0.395 e. The highest BCUT2D eigenvalue weighted by Crippen LogP contribution is 2.36. The van der Waals surface area contributed by atoms with E-state index < -0.39 is 18.6 Å². The van der Waals surface area contributed by atoms with Crippen LogP contribution in [0.5, 0.6) is 0 Å². The van der Waals surface area contributed by atoms with Crippen molar-refractivity contribution in [2.24, 2.45) is 5.92 Å². The molecule has 2 aliphatic rings. The first-order chi connectivity index (χ1) is 10.8. The maximum absolute atomic E-state index is 12.8. The molecule has 1 atom stereocenters. The van der Waals surface area contributed by atoms with Crippen molar-refractivity contribution in [1.29, 1.82) is 0 Å². The summed E-state index contributed by atoms with van der Waals surface area (Å²) in [7, 11) is 0. The standard InChI is InChI=1S/C15H26F3N3O2/c1-12(13-2-3-13)21(11-15(16,17)18)14(23)10-20-6-4-19(5-7-20)8-9-22/h12-13,22H,2-11H2,1H3. The quantitative estimate of drug-likeness (QED) is 0.746. The number of aliphatic hydroxyl groups is 1. The van der Waals surface area contributed by atoms with Gasteiger partial charge in [0.15, 0.2) is 0 Å². The Bertz CT molecular complexity index is 394. The molecule has 1 N–H and O–H groups in total. The highest BCUT2D eigenvalue weighted by molar-refractivity contribution is 5.78. The summed E-state index contributed by atoms with van der Waals surface area (Å²) in [6, 6.07) is -0.347. The molecule has 1 aliphatic heterocycles. The van der Waals surface area contributed by atoms with Crippen LogP contribution in [0.1, 0.15) is 19.8 Å². The third-order valence-corrected chi connectivity index (χ3v) is 4.71. The molecule has 0 spiro atoms. The fourth-order valence-electron chi connectivity index (χ4n) is 3.08. The average molecular weight is 337 g/mol. The van der Waals surface area contributed by atoms with Gasteiger partial charge in [-0.1, -0.05) is 0 Å². The van der Waals surface area contributed by atoms with E-state index in [-0.39, 0.29) is 25.1 Å². The first kappa shape index (κ1) is 18.5. The van der Waals surface area contributed by atoms with Gasteiger partial charge in [0.05, 0.1) is 13.2 Å². The molecule has 5 nitrogen and oxygen atoms in total. The second-order valence-electron chi connectivity index (χ2n) is 6.56. The Morgan fingerprint density at radius 3 is 2.26 bits per heavy atom. The van der Waals surface area contributed by atoms with Crippen LogP contribution in [0, 0.1) is 5.92 Å². The first-order valence-corrected chi connectivity index (χ1v) is 8.22. The number of nitrogens with zero attached hydrogens (tertiary/aromatic N) is 3. The second kappa shape index (κ2) is 7.81. The van der Waals surface area contributed by atoms with Crippen molar-refractivity contribution < 1.29 is 23.1 Å². The molecule has 1 unspecified atom stereocenters. The van der Waals surface area contributed by atoms with Gasteiger partial charge in [0.25, 0.3) is 0 Å². The van der Waals surface area contributed by atoms with Crippen molar-refractivity contribution in [3.8, 4) is 0 Å². The summed E-state index contributed by atoms with van der Waals surface area (Å²) in [6.07, 6.45) is -2.55. The van der Waals surface area contributed by atoms with Crippen molar-refractivity contribution in [1.82, 2.24) is 14.7 Å². The number of hydrogen-bond donors (Lipinski definition) is 1. The highest BCUT2D eigenvalue weighted by atomic mass is 19.4. The normalized spacial score (nSPS) is 22.1. The Kier molecular flexibility index (Phi) is 6.27. The van der Waals surface area contributed by atoms with E-state index in [1.54, 1.807) is 6.92 Å². The molecule has 1 amide bonds. The van der Waals surface area contributed by atoms with Gasteiger partial charge in [-0.05, 0) is 25.7 Å². The summed E-state index contributed by atoms with van der Waals surface area (Å²) in [5.41, 5.74) is 0. The van der Waals surface area contributed by atoms with Crippen LogP contribution in [0.4, 0.5) is 13.2 Å². The van der Waals surface area contributed by atoms with Crippen LogP contribution in [-0.4, -0.2) is 90.4 Å². The summed E-state index contributed by atoms with van der Waals surface area (Å²) in [4.78, 5) is 17.4. The van der Waals surface area contributed by atoms with Gasteiger partial charge in [-0.25, -0.2) is 0 Å². The molecule has 8 heteroatoms. The van der Waals surface area contributed by atoms with E-state index in [1.807, 2.05) is 4.90 Å². The Morgan fingerprint density at radius 1 is 1.22 bits per heavy atom. The van der Waals surface area contributed by atoms with E-state index in [4.69, 9.17) is 5.11 Å². The third kappa shape index (κ3) is 5.93. The zero-order valence-electron chi connectivity index (χ0n) is 13.6. The van der Waals surface area contributed by atoms with E-state index in [9.17, 15) is 18.0 Å². The topological polar surface area (TPSA) is 47.0 Å². The van der Waals surface area contributed by atoms with Crippen LogP contribution in [0.3, 0.4) is 0 Å². The van der Waals surface area contributed by atoms with Gasteiger partial charge in [0, 0.05) is 38.8 Å². The SMILES string of the molecule is CC(C1CC1)N(CC(F)(F)F)C(=O)CN1CCN(CCO)CC1. The predicted molar refractivity (Wildman–Crippen MR) is 79.9 cm³/mol. The van der Waals surface area contributed by atoms with E-state index in [2.05, 4.69) is 4.90 Å². The van der Waals surface area contributed by atoms with Gasteiger partial charge in [0.2, 0.25) is 5.91 Å². The molecule has 2 fully saturated rings. The Morgan fingerprint density at radius 2 is 1.78 bits per heavy atom. The lowest BCUT2D eigenvalue weighted by Gasteiger charge is -2.36. The minimum atomic E-state index is -4.36. The number of β-amino-alcohol motifs (C(OH)–C–C–N with tert-alkyl or cyclic N) is 1. The molecule has 134 valence electrons. The van der Waals surface area contributed by atoms with Gasteiger partial charge in [0.1, 0.15) is 6.54 Å². The smallest absolute Gasteiger partial charge is 0.395 e. The molecule has 1 heterocycles. The Hall–Kier alpha value is -0.860. The molecule has 1 aliphatic carbocycles. The lowest BCUT2D eigenvalue weighted by molar-refractivity contribution is -0.166. The molecule has 0 radical (unpaired) electrons. The van der Waals surface area contributed by atoms with E-state index in [1.165, 1.54) is 0 Å². The van der Waals surface area contributed by atoms with Gasteiger partial charge >= 0.3 is 6.18 Å². The maximum Gasteiger partial charge on any atom is 0.406 e. The van der Waals surface area contributed by atoms with Crippen LogP contribution in [0.25, 0.3) is 0 Å². The number of rotatable bonds is 7. The van der Waals surface area contributed by atoms with Gasteiger partial charge in [-0.3, -0.25) is 14.6 Å². The molecule has 0 aromatic rings. The number of halogens is 3. The van der Waals surface area contributed by atoms with Gasteiger partial charge in [-0.15, -0.1) is 0 Å². The summed E-state index contributed by atoms with van der Waals surface area (Å²) in [5, 5.41) is 8.91. The van der Waals surface area contributed by atoms with Crippen molar-refractivity contribution in [2.75, 3.05) is 52.4 Å². The zero-order valence-corrected chi connectivity index (χ0v) is 13.6. The number of carbonyl (C=O) groups is 1. The molecule has 2 rings (SSSR count). The molecule has 23 heavy (non-hydrogen) atoms. The fraction of sp³-hybridized carbons (Fsp3) is 0.933. The van der Waals surface area contributed by atoms with Crippen molar-refractivity contribution in [3.05, 3.63) is 0 Å². The monoisotopic (exact) mass is 337 g/mol. The second-order valence-corrected chi connectivity index (χ2v) is 6.56. The van der Waals surface area contributed by atoms with Crippen LogP contribution in [0.2, 0.25) is 0 Å². The van der Waals surface area contributed by atoms with Gasteiger partial charge < -0.3 is 10.0 Å². The van der Waals surface area contributed by atoms with Crippen molar-refractivity contribution in [2.45, 2.75) is 32.0 Å². The predicted octanol–water partition coefficient (Wildman–Crippen LogP) is 0.786.